The minimum Gasteiger partial charge on any atom is -0.450 e. The second kappa shape index (κ2) is 9.57. The maximum Gasteiger partial charge on any atom is 0.416 e. The van der Waals surface area contributed by atoms with E-state index in [1.165, 1.54) is 11.0 Å². The number of hydrogen-bond acceptors (Lipinski definition) is 4. The van der Waals surface area contributed by atoms with Gasteiger partial charge in [-0.25, -0.2) is 4.79 Å². The van der Waals surface area contributed by atoms with Crippen molar-refractivity contribution in [2.75, 3.05) is 39.3 Å². The van der Waals surface area contributed by atoms with Crippen LogP contribution in [0.1, 0.15) is 30.9 Å². The molecule has 10 heteroatoms. The minimum atomic E-state index is -4.45. The summed E-state index contributed by atoms with van der Waals surface area (Å²) >= 11 is 0. The Morgan fingerprint density at radius 3 is 2.45 bits per heavy atom. The van der Waals surface area contributed by atoms with Crippen LogP contribution in [0.5, 0.6) is 0 Å². The van der Waals surface area contributed by atoms with Gasteiger partial charge in [0.05, 0.1) is 18.1 Å². The molecule has 1 atom stereocenters. The van der Waals surface area contributed by atoms with E-state index < -0.39 is 23.8 Å². The van der Waals surface area contributed by atoms with Crippen LogP contribution in [0, 0.1) is 5.92 Å². The number of carbonyl (C=O) groups excluding carboxylic acids is 3. The highest BCUT2D eigenvalue weighted by molar-refractivity contribution is 5.84. The molecule has 0 N–H and O–H groups in total. The number of hydrogen-bond donors (Lipinski definition) is 0. The normalized spacial score (nSPS) is 20.1. The average molecular weight is 441 g/mol. The molecule has 31 heavy (non-hydrogen) atoms. The van der Waals surface area contributed by atoms with E-state index in [0.29, 0.717) is 38.2 Å². The van der Waals surface area contributed by atoms with Crippen molar-refractivity contribution in [2.24, 2.45) is 5.92 Å². The lowest BCUT2D eigenvalue weighted by Crippen LogP contribution is -2.54. The number of piperidine rings is 1. The number of nitrogens with zero attached hydrogens (tertiary/aromatic N) is 3. The zero-order valence-electron chi connectivity index (χ0n) is 17.4. The molecule has 0 radical (unpaired) electrons. The quantitative estimate of drug-likeness (QED) is 0.721. The molecule has 7 nitrogen and oxygen atoms in total. The number of benzene rings is 1. The molecule has 2 aliphatic heterocycles. The first-order valence-electron chi connectivity index (χ1n) is 10.3. The lowest BCUT2D eigenvalue weighted by atomic mass is 9.95. The van der Waals surface area contributed by atoms with Gasteiger partial charge in [0.1, 0.15) is 0 Å². The monoisotopic (exact) mass is 441 g/mol. The van der Waals surface area contributed by atoms with Crippen molar-refractivity contribution in [2.45, 2.75) is 32.5 Å². The fourth-order valence-corrected chi connectivity index (χ4v) is 3.92. The van der Waals surface area contributed by atoms with Gasteiger partial charge in [0.2, 0.25) is 11.8 Å². The summed E-state index contributed by atoms with van der Waals surface area (Å²) in [7, 11) is 0. The molecule has 0 bridgehead atoms. The number of piperazine rings is 1. The van der Waals surface area contributed by atoms with Crippen molar-refractivity contribution in [3.05, 3.63) is 35.4 Å². The van der Waals surface area contributed by atoms with E-state index in [2.05, 4.69) is 0 Å². The standard InChI is InChI=1S/C21H26F3N3O4/c1-2-31-20(30)26-10-8-25(9-11-26)19(29)16-6-7-18(28)27(14-16)13-15-4-3-5-17(12-15)21(22,23)24/h3-5,12,16H,2,6-11,13-14H2,1H3/t16-/m0/s1. The largest absolute Gasteiger partial charge is 0.450 e. The number of alkyl halides is 3. The van der Waals surface area contributed by atoms with Gasteiger partial charge >= 0.3 is 12.3 Å². The van der Waals surface area contributed by atoms with Crippen molar-refractivity contribution >= 4 is 17.9 Å². The van der Waals surface area contributed by atoms with Gasteiger partial charge in [0.15, 0.2) is 0 Å². The highest BCUT2D eigenvalue weighted by Crippen LogP contribution is 2.30. The fourth-order valence-electron chi connectivity index (χ4n) is 3.92. The fraction of sp³-hybridized carbons (Fsp3) is 0.571. The molecule has 2 heterocycles. The summed E-state index contributed by atoms with van der Waals surface area (Å²) in [6.45, 7) is 3.75. The Balaban J connectivity index is 1.59. The number of halogens is 3. The lowest BCUT2D eigenvalue weighted by molar-refractivity contribution is -0.144. The first-order chi connectivity index (χ1) is 14.7. The molecule has 2 saturated heterocycles. The van der Waals surface area contributed by atoms with Crippen LogP contribution in [0.2, 0.25) is 0 Å². The van der Waals surface area contributed by atoms with Gasteiger partial charge < -0.3 is 19.4 Å². The molecular formula is C21H26F3N3O4. The predicted molar refractivity (Wildman–Crippen MR) is 105 cm³/mol. The number of carbonyl (C=O) groups is 3. The Morgan fingerprint density at radius 2 is 1.81 bits per heavy atom. The zero-order chi connectivity index (χ0) is 22.6. The predicted octanol–water partition coefficient (Wildman–Crippen LogP) is 2.74. The Kier molecular flexibility index (Phi) is 7.07. The topological polar surface area (TPSA) is 70.2 Å². The van der Waals surface area contributed by atoms with Crippen LogP contribution in [-0.2, 0) is 27.0 Å². The van der Waals surface area contributed by atoms with Gasteiger partial charge in [-0.1, -0.05) is 12.1 Å². The number of likely N-dealkylation sites (tertiary alicyclic amines) is 1. The highest BCUT2D eigenvalue weighted by Gasteiger charge is 2.35. The molecule has 0 saturated carbocycles. The van der Waals surface area contributed by atoms with Crippen LogP contribution < -0.4 is 0 Å². The molecule has 0 unspecified atom stereocenters. The average Bonchev–Trinajstić information content (AvgIpc) is 2.75. The summed E-state index contributed by atoms with van der Waals surface area (Å²) < 4.78 is 43.8. The molecule has 3 rings (SSSR count). The van der Waals surface area contributed by atoms with Crippen molar-refractivity contribution in [1.29, 1.82) is 0 Å². The third kappa shape index (κ3) is 5.68. The van der Waals surface area contributed by atoms with Crippen LogP contribution in [0.15, 0.2) is 24.3 Å². The minimum absolute atomic E-state index is 0.0309. The van der Waals surface area contributed by atoms with Crippen molar-refractivity contribution in [3.8, 4) is 0 Å². The Hall–Kier alpha value is -2.78. The molecule has 0 spiro atoms. The second-order valence-corrected chi connectivity index (χ2v) is 7.72. The summed E-state index contributed by atoms with van der Waals surface area (Å²) in [5.74, 6) is -0.670. The number of amides is 3. The van der Waals surface area contributed by atoms with E-state index in [4.69, 9.17) is 4.74 Å². The van der Waals surface area contributed by atoms with E-state index >= 15 is 0 Å². The van der Waals surface area contributed by atoms with E-state index in [1.54, 1.807) is 22.8 Å². The first-order valence-corrected chi connectivity index (χ1v) is 10.3. The van der Waals surface area contributed by atoms with Crippen molar-refractivity contribution in [1.82, 2.24) is 14.7 Å². The van der Waals surface area contributed by atoms with E-state index in [-0.39, 0.29) is 37.9 Å². The summed E-state index contributed by atoms with van der Waals surface area (Å²) in [5, 5.41) is 0. The van der Waals surface area contributed by atoms with Gasteiger partial charge in [-0.05, 0) is 31.0 Å². The molecule has 1 aromatic rings. The molecular weight excluding hydrogens is 415 g/mol. The molecule has 170 valence electrons. The van der Waals surface area contributed by atoms with Gasteiger partial charge in [0, 0.05) is 45.7 Å². The lowest BCUT2D eigenvalue weighted by Gasteiger charge is -2.38. The summed E-state index contributed by atoms with van der Waals surface area (Å²) in [5.41, 5.74) is -0.388. The Labute approximate surface area is 178 Å². The maximum atomic E-state index is 13.0. The molecule has 2 aliphatic rings. The van der Waals surface area contributed by atoms with Gasteiger partial charge in [0.25, 0.3) is 0 Å². The number of ether oxygens (including phenoxy) is 1. The summed E-state index contributed by atoms with van der Waals surface area (Å²) in [4.78, 5) is 41.8. The first kappa shape index (κ1) is 22.9. The smallest absolute Gasteiger partial charge is 0.416 e. The van der Waals surface area contributed by atoms with Crippen LogP contribution in [0.3, 0.4) is 0 Å². The highest BCUT2D eigenvalue weighted by atomic mass is 19.4. The Bertz CT molecular complexity index is 822. The van der Waals surface area contributed by atoms with Crippen LogP contribution in [0.25, 0.3) is 0 Å². The SMILES string of the molecule is CCOC(=O)N1CCN(C(=O)[C@H]2CCC(=O)N(Cc3cccc(C(F)(F)F)c3)C2)CC1. The van der Waals surface area contributed by atoms with Crippen LogP contribution in [-0.4, -0.2) is 71.9 Å². The van der Waals surface area contributed by atoms with Gasteiger partial charge in [-0.3, -0.25) is 9.59 Å². The van der Waals surface area contributed by atoms with Gasteiger partial charge in [-0.15, -0.1) is 0 Å². The number of rotatable bonds is 4. The molecule has 2 fully saturated rings. The summed E-state index contributed by atoms with van der Waals surface area (Å²) in [6.07, 6.45) is -4.26. The third-order valence-electron chi connectivity index (χ3n) is 5.59. The third-order valence-corrected chi connectivity index (χ3v) is 5.59. The Morgan fingerprint density at radius 1 is 1.13 bits per heavy atom. The van der Waals surface area contributed by atoms with E-state index in [9.17, 15) is 27.6 Å². The van der Waals surface area contributed by atoms with Crippen molar-refractivity contribution < 1.29 is 32.3 Å². The van der Waals surface area contributed by atoms with E-state index in [0.717, 1.165) is 12.1 Å². The molecule has 0 aromatic heterocycles. The molecule has 3 amide bonds. The zero-order valence-corrected chi connectivity index (χ0v) is 17.4. The van der Waals surface area contributed by atoms with Crippen molar-refractivity contribution in [3.63, 3.8) is 0 Å². The van der Waals surface area contributed by atoms with Gasteiger partial charge in [-0.2, -0.15) is 13.2 Å². The van der Waals surface area contributed by atoms with E-state index in [1.807, 2.05) is 0 Å². The molecule has 0 aliphatic carbocycles. The summed E-state index contributed by atoms with van der Waals surface area (Å²) in [6, 6.07) is 4.89. The van der Waals surface area contributed by atoms with Crippen LogP contribution >= 0.6 is 0 Å². The van der Waals surface area contributed by atoms with Crippen LogP contribution in [0.4, 0.5) is 18.0 Å². The second-order valence-electron chi connectivity index (χ2n) is 7.72. The molecule has 1 aromatic carbocycles. The maximum absolute atomic E-state index is 13.0.